The molecule has 0 radical (unpaired) electrons. The number of hydrogen-bond acceptors (Lipinski definition) is 5. The van der Waals surface area contributed by atoms with Crippen molar-refractivity contribution in [3.63, 3.8) is 0 Å². The Morgan fingerprint density at radius 2 is 1.86 bits per heavy atom. The molecule has 0 fully saturated rings. The summed E-state index contributed by atoms with van der Waals surface area (Å²) in [5.41, 5.74) is 3.34. The van der Waals surface area contributed by atoms with E-state index in [1.165, 1.54) is 16.7 Å². The number of oxime groups is 1. The largest absolute Gasteiger partial charge is 0.477 e. The van der Waals surface area contributed by atoms with Gasteiger partial charge in [0, 0.05) is 42.2 Å². The molecule has 0 aliphatic rings. The molecule has 6 nitrogen and oxygen atoms in total. The van der Waals surface area contributed by atoms with Gasteiger partial charge in [0.1, 0.15) is 10.7 Å². The third kappa shape index (κ3) is 5.34. The van der Waals surface area contributed by atoms with E-state index in [0.29, 0.717) is 11.1 Å². The molecule has 9 heteroatoms. The van der Waals surface area contributed by atoms with E-state index >= 15 is 0 Å². The highest BCUT2D eigenvalue weighted by Crippen LogP contribution is 2.34. The van der Waals surface area contributed by atoms with Crippen LogP contribution in [-0.4, -0.2) is 26.6 Å². The van der Waals surface area contributed by atoms with Crippen LogP contribution in [0.25, 0.3) is 11.1 Å². The van der Waals surface area contributed by atoms with Crippen molar-refractivity contribution in [2.75, 3.05) is 0 Å². The van der Waals surface area contributed by atoms with Crippen LogP contribution < -0.4 is 5.56 Å². The van der Waals surface area contributed by atoms with E-state index in [4.69, 9.17) is 11.6 Å². The Morgan fingerprint density at radius 3 is 2.46 bits per heavy atom. The molecule has 178 valence electrons. The Hall–Kier alpha value is -3.75. The van der Waals surface area contributed by atoms with Gasteiger partial charge in [-0.25, -0.2) is 9.18 Å². The number of carbonyl (C=O) groups is 1. The molecular weight excluding hydrogens is 491 g/mol. The summed E-state index contributed by atoms with van der Waals surface area (Å²) in [5, 5.41) is 24.4. The van der Waals surface area contributed by atoms with Gasteiger partial charge in [-0.3, -0.25) is 4.79 Å². The molecule has 2 heterocycles. The first-order valence-electron chi connectivity index (χ1n) is 10.5. The second-order valence-electron chi connectivity index (χ2n) is 7.96. The van der Waals surface area contributed by atoms with E-state index in [1.54, 1.807) is 42.9 Å². The number of aromatic nitrogens is 1. The molecule has 2 N–H and O–H groups in total. The van der Waals surface area contributed by atoms with E-state index in [0.717, 1.165) is 28.0 Å². The summed E-state index contributed by atoms with van der Waals surface area (Å²) >= 11 is 7.11. The van der Waals surface area contributed by atoms with E-state index in [1.807, 2.05) is 24.3 Å². The summed E-state index contributed by atoms with van der Waals surface area (Å²) in [4.78, 5) is 23.2. The molecule has 0 saturated carbocycles. The predicted octanol–water partition coefficient (Wildman–Crippen LogP) is 6.01. The highest BCUT2D eigenvalue weighted by molar-refractivity contribution is 7.12. The van der Waals surface area contributed by atoms with Gasteiger partial charge in [0.15, 0.2) is 0 Å². The third-order valence-corrected chi connectivity index (χ3v) is 6.89. The SMILES string of the molecule is Cn1cc(/C(CC(c2ccc(-c3csc(C(=O)O)c3)cc2)c2ccc(Cl)cc2F)=N\O)ccc1=O. The Bertz CT molecular complexity index is 1480. The number of pyridine rings is 1. The Balaban J connectivity index is 1.73. The van der Waals surface area contributed by atoms with Gasteiger partial charge in [0.05, 0.1) is 5.71 Å². The lowest BCUT2D eigenvalue weighted by molar-refractivity contribution is 0.0702. The Kier molecular flexibility index (Phi) is 7.14. The molecule has 4 rings (SSSR count). The van der Waals surface area contributed by atoms with Crippen LogP contribution in [0.1, 0.15) is 38.7 Å². The molecule has 4 aromatic rings. The van der Waals surface area contributed by atoms with Crippen molar-refractivity contribution in [2.45, 2.75) is 12.3 Å². The lowest BCUT2D eigenvalue weighted by Gasteiger charge is -2.20. The number of thiophene rings is 1. The lowest BCUT2D eigenvalue weighted by Crippen LogP contribution is -2.18. The number of nitrogens with zero attached hydrogens (tertiary/aromatic N) is 2. The number of carboxylic acid groups (broad SMARTS) is 1. The Labute approximate surface area is 209 Å². The van der Waals surface area contributed by atoms with Gasteiger partial charge >= 0.3 is 5.97 Å². The average molecular weight is 511 g/mol. The monoisotopic (exact) mass is 510 g/mol. The van der Waals surface area contributed by atoms with E-state index in [-0.39, 0.29) is 27.6 Å². The van der Waals surface area contributed by atoms with E-state index < -0.39 is 17.7 Å². The van der Waals surface area contributed by atoms with Gasteiger partial charge in [-0.05, 0) is 51.9 Å². The van der Waals surface area contributed by atoms with Crippen LogP contribution in [0, 0.1) is 5.82 Å². The predicted molar refractivity (Wildman–Crippen MR) is 135 cm³/mol. The minimum Gasteiger partial charge on any atom is -0.477 e. The van der Waals surface area contributed by atoms with Crippen LogP contribution in [0.3, 0.4) is 0 Å². The van der Waals surface area contributed by atoms with Crippen LogP contribution >= 0.6 is 22.9 Å². The number of rotatable bonds is 7. The van der Waals surface area contributed by atoms with Gasteiger partial charge in [0.2, 0.25) is 5.56 Å². The summed E-state index contributed by atoms with van der Waals surface area (Å²) in [6.07, 6.45) is 1.71. The topological polar surface area (TPSA) is 91.9 Å². The maximum absolute atomic E-state index is 15.0. The quantitative estimate of drug-likeness (QED) is 0.181. The van der Waals surface area contributed by atoms with Crippen LogP contribution in [-0.2, 0) is 7.05 Å². The van der Waals surface area contributed by atoms with Crippen LogP contribution in [0.2, 0.25) is 5.02 Å². The number of benzene rings is 2. The van der Waals surface area contributed by atoms with Crippen molar-refractivity contribution in [2.24, 2.45) is 12.2 Å². The molecule has 2 aromatic carbocycles. The first-order chi connectivity index (χ1) is 16.8. The van der Waals surface area contributed by atoms with Crippen LogP contribution in [0.4, 0.5) is 4.39 Å². The van der Waals surface area contributed by atoms with Gasteiger partial charge in [0.25, 0.3) is 0 Å². The molecule has 1 unspecified atom stereocenters. The number of aryl methyl sites for hydroxylation is 1. The number of hydrogen-bond donors (Lipinski definition) is 2. The fourth-order valence-corrected chi connectivity index (χ4v) is 4.79. The van der Waals surface area contributed by atoms with Crippen molar-refractivity contribution in [1.82, 2.24) is 4.57 Å². The fourth-order valence-electron chi connectivity index (χ4n) is 3.87. The molecule has 0 aliphatic carbocycles. The number of carboxylic acids is 1. The second-order valence-corrected chi connectivity index (χ2v) is 9.31. The van der Waals surface area contributed by atoms with E-state index in [2.05, 4.69) is 5.16 Å². The summed E-state index contributed by atoms with van der Waals surface area (Å²) in [7, 11) is 1.59. The van der Waals surface area contributed by atoms with Gasteiger partial charge in [-0.15, -0.1) is 11.3 Å². The molecule has 0 saturated heterocycles. The molecule has 1 atom stereocenters. The molecule has 2 aromatic heterocycles. The van der Waals surface area contributed by atoms with Crippen molar-refractivity contribution < 1.29 is 19.5 Å². The zero-order chi connectivity index (χ0) is 25.1. The highest BCUT2D eigenvalue weighted by Gasteiger charge is 2.22. The maximum Gasteiger partial charge on any atom is 0.345 e. The number of halogens is 2. The smallest absolute Gasteiger partial charge is 0.345 e. The minimum atomic E-state index is -0.981. The van der Waals surface area contributed by atoms with Crippen molar-refractivity contribution in [1.29, 1.82) is 0 Å². The Morgan fingerprint density at radius 1 is 1.11 bits per heavy atom. The van der Waals surface area contributed by atoms with Gasteiger partial charge in [-0.1, -0.05) is 47.1 Å². The summed E-state index contributed by atoms with van der Waals surface area (Å²) < 4.78 is 16.4. The molecule has 0 amide bonds. The third-order valence-electron chi connectivity index (χ3n) is 5.73. The zero-order valence-electron chi connectivity index (χ0n) is 18.5. The molecule has 0 bridgehead atoms. The minimum absolute atomic E-state index is 0.147. The van der Waals surface area contributed by atoms with Crippen LogP contribution in [0.5, 0.6) is 0 Å². The maximum atomic E-state index is 15.0. The first kappa shape index (κ1) is 24.4. The average Bonchev–Trinajstić information content (AvgIpc) is 3.34. The van der Waals surface area contributed by atoms with E-state index in [9.17, 15) is 24.3 Å². The standard InChI is InChI=1S/C26H20ClFN2O4S/c1-30-13-17(6-9-25(30)31)23(29-34)12-21(20-8-7-19(27)11-22(20)28)16-4-2-15(3-5-16)18-10-24(26(32)33)35-14-18/h2-11,13-14,21,34H,12H2,1H3,(H,32,33)/b29-23-. The van der Waals surface area contributed by atoms with Gasteiger partial charge < -0.3 is 14.9 Å². The van der Waals surface area contributed by atoms with Crippen molar-refractivity contribution >= 4 is 34.6 Å². The zero-order valence-corrected chi connectivity index (χ0v) is 20.1. The highest BCUT2D eigenvalue weighted by atomic mass is 35.5. The first-order valence-corrected chi connectivity index (χ1v) is 11.8. The second kappa shape index (κ2) is 10.2. The lowest BCUT2D eigenvalue weighted by atomic mass is 9.85. The molecule has 0 aliphatic heterocycles. The molecule has 0 spiro atoms. The van der Waals surface area contributed by atoms with Crippen molar-refractivity contribution in [3.05, 3.63) is 115 Å². The van der Waals surface area contributed by atoms with Gasteiger partial charge in [-0.2, -0.15) is 0 Å². The summed E-state index contributed by atoms with van der Waals surface area (Å²) in [5.74, 6) is -2.00. The summed E-state index contributed by atoms with van der Waals surface area (Å²) in [6.45, 7) is 0. The molecule has 35 heavy (non-hydrogen) atoms. The fraction of sp³-hybridized carbons (Fsp3) is 0.115. The normalized spacial score (nSPS) is 12.5. The number of aromatic carboxylic acids is 1. The summed E-state index contributed by atoms with van der Waals surface area (Å²) in [6, 6.07) is 16.3. The van der Waals surface area contributed by atoms with Crippen LogP contribution in [0.15, 0.2) is 82.2 Å². The molecular formula is C26H20ClFN2O4S. The van der Waals surface area contributed by atoms with Crippen molar-refractivity contribution in [3.8, 4) is 11.1 Å².